The highest BCUT2D eigenvalue weighted by Crippen LogP contribution is 2.11. The predicted octanol–water partition coefficient (Wildman–Crippen LogP) is 1.97. The highest BCUT2D eigenvalue weighted by molar-refractivity contribution is 5.74. The van der Waals surface area contributed by atoms with Gasteiger partial charge >= 0.3 is 12.0 Å². The summed E-state index contributed by atoms with van der Waals surface area (Å²) in [4.78, 5) is 23.2. The Kier molecular flexibility index (Phi) is 5.89. The molecule has 0 radical (unpaired) electrons. The van der Waals surface area contributed by atoms with Crippen LogP contribution in [-0.4, -0.2) is 35.6 Å². The summed E-state index contributed by atoms with van der Waals surface area (Å²) in [5, 5.41) is 11.0. The highest BCUT2D eigenvalue weighted by Gasteiger charge is 2.11. The van der Waals surface area contributed by atoms with Gasteiger partial charge < -0.3 is 15.3 Å². The van der Waals surface area contributed by atoms with Gasteiger partial charge in [-0.15, -0.1) is 0 Å². The first-order valence-corrected chi connectivity index (χ1v) is 6.05. The molecule has 0 unspecified atom stereocenters. The maximum atomic E-state index is 13.4. The number of rotatable bonds is 6. The number of amides is 2. The number of carboxylic acids is 1. The molecular formula is C13H16F2N2O3. The molecule has 0 saturated carbocycles. The minimum Gasteiger partial charge on any atom is -0.481 e. The number of hydrogen-bond acceptors (Lipinski definition) is 2. The van der Waals surface area contributed by atoms with Crippen molar-refractivity contribution in [3.05, 3.63) is 35.4 Å². The Morgan fingerprint density at radius 3 is 2.65 bits per heavy atom. The number of carbonyl (C=O) groups is 2. The molecule has 0 saturated heterocycles. The molecule has 1 aromatic carbocycles. The third-order valence-corrected chi connectivity index (χ3v) is 2.61. The van der Waals surface area contributed by atoms with Crippen molar-refractivity contribution in [2.75, 3.05) is 13.6 Å². The number of hydrogen-bond donors (Lipinski definition) is 2. The minimum atomic E-state index is -0.930. The molecule has 5 nitrogen and oxygen atoms in total. The van der Waals surface area contributed by atoms with Crippen molar-refractivity contribution in [1.29, 1.82) is 0 Å². The Hall–Kier alpha value is -2.18. The number of halogens is 2. The van der Waals surface area contributed by atoms with E-state index in [0.29, 0.717) is 6.42 Å². The third kappa shape index (κ3) is 5.21. The van der Waals surface area contributed by atoms with Crippen molar-refractivity contribution >= 4 is 12.0 Å². The first-order valence-electron chi connectivity index (χ1n) is 6.05. The summed E-state index contributed by atoms with van der Waals surface area (Å²) in [5.41, 5.74) is 0.203. The van der Waals surface area contributed by atoms with E-state index in [4.69, 9.17) is 5.11 Å². The molecule has 2 amide bonds. The van der Waals surface area contributed by atoms with E-state index in [-0.39, 0.29) is 25.1 Å². The fraction of sp³-hybridized carbons (Fsp3) is 0.385. The van der Waals surface area contributed by atoms with Crippen molar-refractivity contribution in [2.45, 2.75) is 19.4 Å². The molecule has 7 heteroatoms. The van der Waals surface area contributed by atoms with E-state index in [1.807, 2.05) is 0 Å². The predicted molar refractivity (Wildman–Crippen MR) is 68.1 cm³/mol. The lowest BCUT2D eigenvalue weighted by Crippen LogP contribution is -2.37. The molecular weight excluding hydrogens is 270 g/mol. The third-order valence-electron chi connectivity index (χ3n) is 2.61. The van der Waals surface area contributed by atoms with Gasteiger partial charge in [0.2, 0.25) is 0 Å². The zero-order chi connectivity index (χ0) is 15.1. The van der Waals surface area contributed by atoms with Crippen LogP contribution in [0.4, 0.5) is 13.6 Å². The minimum absolute atomic E-state index is 0.00310. The average Bonchev–Trinajstić information content (AvgIpc) is 2.37. The molecule has 0 aliphatic carbocycles. The van der Waals surface area contributed by atoms with Crippen LogP contribution in [0.5, 0.6) is 0 Å². The molecule has 0 aliphatic heterocycles. The highest BCUT2D eigenvalue weighted by atomic mass is 19.1. The van der Waals surface area contributed by atoms with Gasteiger partial charge in [0.15, 0.2) is 0 Å². The maximum absolute atomic E-state index is 13.4. The SMILES string of the molecule is CN(Cc1ccc(F)cc1F)C(=O)NCCCC(=O)O. The summed E-state index contributed by atoms with van der Waals surface area (Å²) < 4.78 is 26.1. The van der Waals surface area contributed by atoms with Crippen molar-refractivity contribution in [2.24, 2.45) is 0 Å². The molecule has 0 bridgehead atoms. The van der Waals surface area contributed by atoms with Crippen LogP contribution in [-0.2, 0) is 11.3 Å². The lowest BCUT2D eigenvalue weighted by atomic mass is 10.2. The fourth-order valence-electron chi connectivity index (χ4n) is 1.55. The summed E-state index contributed by atoms with van der Waals surface area (Å²) in [6, 6.07) is 2.71. The van der Waals surface area contributed by atoms with E-state index >= 15 is 0 Å². The van der Waals surface area contributed by atoms with E-state index < -0.39 is 23.6 Å². The summed E-state index contributed by atoms with van der Waals surface area (Å²) in [7, 11) is 1.47. The zero-order valence-electron chi connectivity index (χ0n) is 11.0. The van der Waals surface area contributed by atoms with E-state index in [0.717, 1.165) is 12.1 Å². The number of carbonyl (C=O) groups excluding carboxylic acids is 1. The van der Waals surface area contributed by atoms with Gasteiger partial charge in [-0.2, -0.15) is 0 Å². The van der Waals surface area contributed by atoms with Gasteiger partial charge in [-0.1, -0.05) is 6.07 Å². The molecule has 0 spiro atoms. The van der Waals surface area contributed by atoms with Crippen LogP contribution in [0.1, 0.15) is 18.4 Å². The van der Waals surface area contributed by atoms with Gasteiger partial charge in [0.05, 0.1) is 0 Å². The summed E-state index contributed by atoms with van der Waals surface area (Å²) >= 11 is 0. The second-order valence-corrected chi connectivity index (χ2v) is 4.32. The largest absolute Gasteiger partial charge is 0.481 e. The van der Waals surface area contributed by atoms with Gasteiger partial charge in [0, 0.05) is 38.2 Å². The lowest BCUT2D eigenvalue weighted by Gasteiger charge is -2.18. The quantitative estimate of drug-likeness (QED) is 0.785. The number of nitrogens with zero attached hydrogens (tertiary/aromatic N) is 1. The van der Waals surface area contributed by atoms with Crippen LogP contribution >= 0.6 is 0 Å². The molecule has 2 N–H and O–H groups in total. The van der Waals surface area contributed by atoms with Crippen LogP contribution in [0.25, 0.3) is 0 Å². The Morgan fingerprint density at radius 2 is 2.05 bits per heavy atom. The van der Waals surface area contributed by atoms with Gasteiger partial charge in [-0.05, 0) is 12.5 Å². The maximum Gasteiger partial charge on any atom is 0.317 e. The summed E-state index contributed by atoms with van der Waals surface area (Å²) in [5.74, 6) is -2.32. The first kappa shape index (κ1) is 15.9. The zero-order valence-corrected chi connectivity index (χ0v) is 11.0. The standard InChI is InChI=1S/C13H16F2N2O3/c1-17(13(20)16-6-2-3-12(18)19)8-9-4-5-10(14)7-11(9)15/h4-5,7H,2-3,6,8H2,1H3,(H,16,20)(H,18,19). The summed E-state index contributed by atoms with van der Waals surface area (Å²) in [6.45, 7) is 0.220. The average molecular weight is 286 g/mol. The molecule has 0 aliphatic rings. The number of urea groups is 1. The fourth-order valence-corrected chi connectivity index (χ4v) is 1.55. The smallest absolute Gasteiger partial charge is 0.317 e. The Morgan fingerprint density at radius 1 is 1.35 bits per heavy atom. The second kappa shape index (κ2) is 7.42. The number of aliphatic carboxylic acids is 1. The van der Waals surface area contributed by atoms with Gasteiger partial charge in [-0.3, -0.25) is 4.79 Å². The lowest BCUT2D eigenvalue weighted by molar-refractivity contribution is -0.137. The Labute approximate surface area is 115 Å². The van der Waals surface area contributed by atoms with Crippen molar-refractivity contribution in [1.82, 2.24) is 10.2 Å². The van der Waals surface area contributed by atoms with Crippen molar-refractivity contribution in [3.8, 4) is 0 Å². The van der Waals surface area contributed by atoms with Crippen molar-refractivity contribution in [3.63, 3.8) is 0 Å². The van der Waals surface area contributed by atoms with E-state index in [2.05, 4.69) is 5.32 Å². The molecule has 0 atom stereocenters. The number of benzene rings is 1. The molecule has 1 rings (SSSR count). The molecule has 110 valence electrons. The van der Waals surface area contributed by atoms with E-state index in [1.54, 1.807) is 0 Å². The van der Waals surface area contributed by atoms with E-state index in [9.17, 15) is 18.4 Å². The monoisotopic (exact) mass is 286 g/mol. The molecule has 0 heterocycles. The molecule has 20 heavy (non-hydrogen) atoms. The molecule has 0 aromatic heterocycles. The Balaban J connectivity index is 2.43. The molecule has 0 fully saturated rings. The van der Waals surface area contributed by atoms with Gasteiger partial charge in [0.25, 0.3) is 0 Å². The topological polar surface area (TPSA) is 69.6 Å². The number of carboxylic acid groups (broad SMARTS) is 1. The number of nitrogens with one attached hydrogen (secondary N) is 1. The Bertz CT molecular complexity index is 495. The first-order chi connectivity index (χ1) is 9.40. The summed E-state index contributed by atoms with van der Waals surface area (Å²) in [6.07, 6.45) is 0.288. The van der Waals surface area contributed by atoms with Gasteiger partial charge in [-0.25, -0.2) is 13.6 Å². The van der Waals surface area contributed by atoms with Crippen molar-refractivity contribution < 1.29 is 23.5 Å². The van der Waals surface area contributed by atoms with Crippen LogP contribution in [0.3, 0.4) is 0 Å². The van der Waals surface area contributed by atoms with Crippen LogP contribution in [0.2, 0.25) is 0 Å². The van der Waals surface area contributed by atoms with Crippen LogP contribution < -0.4 is 5.32 Å². The normalized spacial score (nSPS) is 10.2. The second-order valence-electron chi connectivity index (χ2n) is 4.32. The molecule has 1 aromatic rings. The van der Waals surface area contributed by atoms with Crippen LogP contribution in [0.15, 0.2) is 18.2 Å². The van der Waals surface area contributed by atoms with Crippen LogP contribution in [0, 0.1) is 11.6 Å². The van der Waals surface area contributed by atoms with Gasteiger partial charge in [0.1, 0.15) is 11.6 Å². The van der Waals surface area contributed by atoms with E-state index in [1.165, 1.54) is 18.0 Å².